The average Bonchev–Trinajstić information content (AvgIpc) is 2.50. The molecule has 0 aromatic heterocycles. The zero-order valence-corrected chi connectivity index (χ0v) is 11.9. The van der Waals surface area contributed by atoms with Gasteiger partial charge in [-0.2, -0.15) is 9.92 Å². The third-order valence-corrected chi connectivity index (χ3v) is 2.93. The summed E-state index contributed by atoms with van der Waals surface area (Å²) in [6, 6.07) is 5.38. The second-order valence-electron chi connectivity index (χ2n) is 4.61. The number of azide groups is 1. The van der Waals surface area contributed by atoms with Gasteiger partial charge in [-0.1, -0.05) is 30.3 Å². The van der Waals surface area contributed by atoms with Crippen molar-refractivity contribution in [2.24, 2.45) is 11.0 Å². The lowest BCUT2D eigenvalue weighted by Gasteiger charge is -2.21. The molecule has 0 aliphatic rings. The van der Waals surface area contributed by atoms with Gasteiger partial charge in [-0.25, -0.2) is 9.59 Å². The standard InChI is InChI=1S/C13H15N5O5/c14-9(7-11(19)20)12(21)18(17-16-15)10(13(22)23)6-8-4-2-1-3-5-8/h1-5,9-10H,6-7,14H2,(H,19,20)(H,22,23)/t9-,10-/m0/s1. The molecule has 10 nitrogen and oxygen atoms in total. The van der Waals surface area contributed by atoms with Gasteiger partial charge in [0, 0.05) is 6.42 Å². The Morgan fingerprint density at radius 1 is 1.26 bits per heavy atom. The first kappa shape index (κ1) is 18.0. The molecule has 0 heterocycles. The van der Waals surface area contributed by atoms with E-state index >= 15 is 0 Å². The molecule has 0 unspecified atom stereocenters. The normalized spacial score (nSPS) is 12.6. The smallest absolute Gasteiger partial charge is 0.350 e. The minimum atomic E-state index is -1.52. The van der Waals surface area contributed by atoms with Crippen LogP contribution in [0.5, 0.6) is 0 Å². The summed E-state index contributed by atoms with van der Waals surface area (Å²) in [5, 5.41) is 21.4. The maximum absolute atomic E-state index is 12.1. The van der Waals surface area contributed by atoms with Crippen LogP contribution in [0.4, 0.5) is 0 Å². The largest absolute Gasteiger partial charge is 0.481 e. The van der Waals surface area contributed by atoms with E-state index < -0.39 is 36.4 Å². The highest BCUT2D eigenvalue weighted by Crippen LogP contribution is 2.13. The van der Waals surface area contributed by atoms with Crippen LogP contribution in [0.25, 0.3) is 10.4 Å². The number of amides is 1. The Hall–Kier alpha value is -3.10. The predicted molar refractivity (Wildman–Crippen MR) is 77.8 cm³/mol. The maximum atomic E-state index is 12.1. The van der Waals surface area contributed by atoms with Gasteiger partial charge in [-0.15, -0.1) is 5.53 Å². The molecule has 0 bridgehead atoms. The van der Waals surface area contributed by atoms with Gasteiger partial charge in [0.15, 0.2) is 0 Å². The van der Waals surface area contributed by atoms with E-state index in [0.717, 1.165) is 0 Å². The molecule has 0 spiro atoms. The summed E-state index contributed by atoms with van der Waals surface area (Å²) in [5.74, 6) is -3.81. The first-order valence-electron chi connectivity index (χ1n) is 6.49. The zero-order chi connectivity index (χ0) is 17.4. The molecule has 1 aromatic rings. The molecule has 0 aliphatic heterocycles. The van der Waals surface area contributed by atoms with E-state index in [-0.39, 0.29) is 6.42 Å². The number of carboxylic acid groups (broad SMARTS) is 2. The van der Waals surface area contributed by atoms with Crippen molar-refractivity contribution >= 4 is 17.8 Å². The topological polar surface area (TPSA) is 170 Å². The number of hydrogen-bond acceptors (Lipinski definition) is 5. The lowest BCUT2D eigenvalue weighted by Crippen LogP contribution is -2.50. The summed E-state index contributed by atoms with van der Waals surface area (Å²) in [6.07, 6.45) is -0.839. The summed E-state index contributed by atoms with van der Waals surface area (Å²) in [6.45, 7) is 0. The lowest BCUT2D eigenvalue weighted by atomic mass is 10.0. The van der Waals surface area contributed by atoms with Crippen molar-refractivity contribution in [3.63, 3.8) is 0 Å². The van der Waals surface area contributed by atoms with Crippen LogP contribution in [-0.2, 0) is 20.8 Å². The minimum absolute atomic E-state index is 0.124. The average molecular weight is 321 g/mol. The third kappa shape index (κ3) is 5.30. The molecule has 1 amide bonds. The number of carbonyl (C=O) groups is 3. The van der Waals surface area contributed by atoms with E-state index in [0.29, 0.717) is 10.6 Å². The number of aliphatic carboxylic acids is 2. The van der Waals surface area contributed by atoms with Crippen LogP contribution in [-0.4, -0.2) is 45.2 Å². The molecule has 10 heteroatoms. The molecule has 4 N–H and O–H groups in total. The lowest BCUT2D eigenvalue weighted by molar-refractivity contribution is -0.151. The number of hydrogen-bond donors (Lipinski definition) is 3. The van der Waals surface area contributed by atoms with Gasteiger partial charge in [0.1, 0.15) is 6.04 Å². The number of rotatable bonds is 8. The van der Waals surface area contributed by atoms with Crippen molar-refractivity contribution in [3.05, 3.63) is 46.3 Å². The number of carbonyl (C=O) groups excluding carboxylic acids is 1. The molecule has 0 fully saturated rings. The fraction of sp³-hybridized carbons (Fsp3) is 0.308. The van der Waals surface area contributed by atoms with Crippen LogP contribution in [0.2, 0.25) is 0 Å². The van der Waals surface area contributed by atoms with Crippen LogP contribution in [0.3, 0.4) is 0 Å². The van der Waals surface area contributed by atoms with Crippen LogP contribution in [0.1, 0.15) is 12.0 Å². The molecular weight excluding hydrogens is 306 g/mol. The Kier molecular flexibility index (Phi) is 6.53. The SMILES string of the molecule is [N-]=[N+]=NN(C(=O)[C@@H](N)CC(=O)O)[C@@H](Cc1ccccc1)C(=O)O. The zero-order valence-electron chi connectivity index (χ0n) is 11.9. The molecule has 1 aromatic carbocycles. The molecule has 0 aliphatic carbocycles. The fourth-order valence-electron chi connectivity index (χ4n) is 1.86. The monoisotopic (exact) mass is 321 g/mol. The first-order valence-corrected chi connectivity index (χ1v) is 6.49. The maximum Gasteiger partial charge on any atom is 0.350 e. The Bertz CT molecular complexity index is 629. The number of benzene rings is 1. The number of nitrogens with two attached hydrogens (primary N) is 1. The Labute approximate surface area is 130 Å². The molecular formula is C13H15N5O5. The van der Waals surface area contributed by atoms with E-state index in [4.69, 9.17) is 16.4 Å². The van der Waals surface area contributed by atoms with Crippen molar-refractivity contribution in [1.29, 1.82) is 0 Å². The summed E-state index contributed by atoms with van der Waals surface area (Å²) in [7, 11) is 0. The van der Waals surface area contributed by atoms with Crippen molar-refractivity contribution in [2.45, 2.75) is 24.9 Å². The first-order chi connectivity index (χ1) is 10.9. The van der Waals surface area contributed by atoms with Crippen molar-refractivity contribution < 1.29 is 24.6 Å². The fourth-order valence-corrected chi connectivity index (χ4v) is 1.86. The molecule has 0 saturated heterocycles. The Balaban J connectivity index is 3.06. The van der Waals surface area contributed by atoms with Gasteiger partial charge in [-0.05, 0) is 10.8 Å². The van der Waals surface area contributed by atoms with Crippen LogP contribution < -0.4 is 5.73 Å². The molecule has 1 rings (SSSR count). The van der Waals surface area contributed by atoms with Gasteiger partial charge in [0.05, 0.1) is 6.42 Å². The van der Waals surface area contributed by atoms with Crippen LogP contribution in [0, 0.1) is 0 Å². The summed E-state index contributed by atoms with van der Waals surface area (Å²) in [4.78, 5) is 36.6. The molecule has 0 radical (unpaired) electrons. The van der Waals surface area contributed by atoms with Crippen LogP contribution >= 0.6 is 0 Å². The Morgan fingerprint density at radius 3 is 2.35 bits per heavy atom. The van der Waals surface area contributed by atoms with E-state index in [2.05, 4.69) is 10.1 Å². The van der Waals surface area contributed by atoms with E-state index in [9.17, 15) is 19.5 Å². The second kappa shape index (κ2) is 8.37. The van der Waals surface area contributed by atoms with Gasteiger partial charge >= 0.3 is 17.8 Å². The van der Waals surface area contributed by atoms with Crippen LogP contribution in [0.15, 0.2) is 35.6 Å². The number of carboxylic acids is 2. The highest BCUT2D eigenvalue weighted by Gasteiger charge is 2.37. The third-order valence-electron chi connectivity index (χ3n) is 2.93. The highest BCUT2D eigenvalue weighted by molar-refractivity contribution is 5.89. The molecule has 0 saturated carbocycles. The quantitative estimate of drug-likeness (QED) is 0.273. The molecule has 122 valence electrons. The van der Waals surface area contributed by atoms with E-state index in [1.165, 1.54) is 0 Å². The van der Waals surface area contributed by atoms with Crippen molar-refractivity contribution in [1.82, 2.24) is 5.01 Å². The summed E-state index contributed by atoms with van der Waals surface area (Å²) in [5.41, 5.74) is 14.6. The van der Waals surface area contributed by atoms with E-state index in [1.807, 2.05) is 0 Å². The molecule has 23 heavy (non-hydrogen) atoms. The Morgan fingerprint density at radius 2 is 1.87 bits per heavy atom. The summed E-state index contributed by atoms with van der Waals surface area (Å²) >= 11 is 0. The van der Waals surface area contributed by atoms with E-state index in [1.54, 1.807) is 30.3 Å². The second-order valence-corrected chi connectivity index (χ2v) is 4.61. The van der Waals surface area contributed by atoms with Gasteiger partial charge < -0.3 is 15.9 Å². The van der Waals surface area contributed by atoms with Gasteiger partial charge in [0.25, 0.3) is 0 Å². The van der Waals surface area contributed by atoms with Crippen molar-refractivity contribution in [3.8, 4) is 0 Å². The highest BCUT2D eigenvalue weighted by atomic mass is 16.4. The number of nitrogens with zero attached hydrogens (tertiary/aromatic N) is 4. The minimum Gasteiger partial charge on any atom is -0.481 e. The van der Waals surface area contributed by atoms with Gasteiger partial charge in [-0.3, -0.25) is 4.79 Å². The van der Waals surface area contributed by atoms with Crippen molar-refractivity contribution in [2.75, 3.05) is 0 Å². The summed E-state index contributed by atoms with van der Waals surface area (Å²) < 4.78 is 0. The molecule has 2 atom stereocenters. The van der Waals surface area contributed by atoms with Gasteiger partial charge in [0.2, 0.25) is 6.04 Å². The predicted octanol–water partition coefficient (Wildman–Crippen LogP) is 0.538.